The van der Waals surface area contributed by atoms with E-state index in [2.05, 4.69) is 23.9 Å². The summed E-state index contributed by atoms with van der Waals surface area (Å²) in [4.78, 5) is 2.39. The molecule has 1 atom stereocenters. The number of nitrogens with two attached hydrogens (primary N) is 1. The molecule has 0 aromatic rings. The van der Waals surface area contributed by atoms with Gasteiger partial charge in [-0.3, -0.25) is 4.90 Å². The average molecular weight is 227 g/mol. The van der Waals surface area contributed by atoms with Gasteiger partial charge in [0.1, 0.15) is 0 Å². The van der Waals surface area contributed by atoms with Crippen LogP contribution in [-0.4, -0.2) is 35.1 Å². The highest BCUT2D eigenvalue weighted by molar-refractivity contribution is 5.81. The van der Waals surface area contributed by atoms with Crippen LogP contribution in [0.5, 0.6) is 0 Å². The molecule has 0 aromatic carbocycles. The second-order valence-corrected chi connectivity index (χ2v) is 4.97. The third kappa shape index (κ3) is 4.00. The van der Waals surface area contributed by atoms with Crippen LogP contribution in [0.25, 0.3) is 0 Å². The molecule has 0 spiro atoms. The lowest BCUT2D eigenvalue weighted by Gasteiger charge is -2.30. The van der Waals surface area contributed by atoms with Crippen LogP contribution in [0.2, 0.25) is 0 Å². The first kappa shape index (κ1) is 13.3. The fourth-order valence-electron chi connectivity index (χ4n) is 2.38. The van der Waals surface area contributed by atoms with Gasteiger partial charge < -0.3 is 10.9 Å². The van der Waals surface area contributed by atoms with Gasteiger partial charge >= 0.3 is 0 Å². The van der Waals surface area contributed by atoms with E-state index < -0.39 is 0 Å². The molecule has 0 aliphatic heterocycles. The molecule has 1 aliphatic rings. The van der Waals surface area contributed by atoms with Crippen molar-refractivity contribution in [3.8, 4) is 0 Å². The van der Waals surface area contributed by atoms with Crippen molar-refractivity contribution in [2.45, 2.75) is 52.0 Å². The molecule has 0 radical (unpaired) electrons. The summed E-state index contributed by atoms with van der Waals surface area (Å²) in [5, 5.41) is 11.7. The first-order chi connectivity index (χ1) is 7.67. The molecule has 4 nitrogen and oxygen atoms in total. The molecule has 3 N–H and O–H groups in total. The van der Waals surface area contributed by atoms with Crippen LogP contribution in [0.1, 0.15) is 46.0 Å². The zero-order valence-electron chi connectivity index (χ0n) is 10.5. The van der Waals surface area contributed by atoms with Gasteiger partial charge in [-0.05, 0) is 18.8 Å². The molecule has 1 rings (SSSR count). The highest BCUT2D eigenvalue weighted by Crippen LogP contribution is 2.24. The van der Waals surface area contributed by atoms with Gasteiger partial charge in [0.25, 0.3) is 0 Å². The van der Waals surface area contributed by atoms with Gasteiger partial charge in [0, 0.05) is 12.6 Å². The first-order valence-corrected chi connectivity index (χ1v) is 6.37. The van der Waals surface area contributed by atoms with Crippen LogP contribution in [0.4, 0.5) is 0 Å². The van der Waals surface area contributed by atoms with E-state index in [0.29, 0.717) is 24.3 Å². The Kier molecular flexibility index (Phi) is 5.60. The molecule has 1 unspecified atom stereocenters. The number of nitrogens with zero attached hydrogens (tertiary/aromatic N) is 2. The number of hydrogen-bond acceptors (Lipinski definition) is 3. The van der Waals surface area contributed by atoms with Crippen LogP contribution < -0.4 is 5.73 Å². The summed E-state index contributed by atoms with van der Waals surface area (Å²) in [7, 11) is 0. The number of rotatable bonds is 6. The Morgan fingerprint density at radius 3 is 2.62 bits per heavy atom. The predicted molar refractivity (Wildman–Crippen MR) is 66.7 cm³/mol. The Labute approximate surface area is 98.5 Å². The van der Waals surface area contributed by atoms with Crippen LogP contribution in [0.15, 0.2) is 5.16 Å². The van der Waals surface area contributed by atoms with Gasteiger partial charge in [-0.1, -0.05) is 38.3 Å². The lowest BCUT2D eigenvalue weighted by molar-refractivity contribution is 0.192. The molecule has 0 amide bonds. The third-order valence-electron chi connectivity index (χ3n) is 3.58. The van der Waals surface area contributed by atoms with Gasteiger partial charge in [0.05, 0.1) is 6.54 Å². The lowest BCUT2D eigenvalue weighted by atomic mass is 10.1. The van der Waals surface area contributed by atoms with E-state index in [-0.39, 0.29) is 0 Å². The Morgan fingerprint density at radius 1 is 1.50 bits per heavy atom. The summed E-state index contributed by atoms with van der Waals surface area (Å²) in [5.41, 5.74) is 5.62. The van der Waals surface area contributed by atoms with Crippen LogP contribution >= 0.6 is 0 Å². The fraction of sp³-hybridized carbons (Fsp3) is 0.917. The molecule has 1 fully saturated rings. The maximum absolute atomic E-state index is 8.65. The molecule has 1 aliphatic carbocycles. The molecule has 94 valence electrons. The average Bonchev–Trinajstić information content (AvgIpc) is 2.81. The number of amidine groups is 1. The SMILES string of the molecule is CCC(C)CN(CC(N)=NO)C1CCCC1. The Balaban J connectivity index is 2.53. The van der Waals surface area contributed by atoms with Gasteiger partial charge in [0.2, 0.25) is 0 Å². The van der Waals surface area contributed by atoms with E-state index in [9.17, 15) is 0 Å². The van der Waals surface area contributed by atoms with E-state index >= 15 is 0 Å². The van der Waals surface area contributed by atoms with E-state index in [1.54, 1.807) is 0 Å². The Hall–Kier alpha value is -0.770. The van der Waals surface area contributed by atoms with Crippen molar-refractivity contribution in [1.82, 2.24) is 4.90 Å². The van der Waals surface area contributed by atoms with Crippen LogP contribution in [0, 0.1) is 5.92 Å². The Morgan fingerprint density at radius 2 is 2.12 bits per heavy atom. The standard InChI is InChI=1S/C12H25N3O/c1-3-10(2)8-15(9-12(13)14-16)11-6-4-5-7-11/h10-11,16H,3-9H2,1-2H3,(H2,13,14). The monoisotopic (exact) mass is 227 g/mol. The topological polar surface area (TPSA) is 61.8 Å². The van der Waals surface area contributed by atoms with Gasteiger partial charge in [-0.25, -0.2) is 0 Å². The van der Waals surface area contributed by atoms with Crippen molar-refractivity contribution in [2.75, 3.05) is 13.1 Å². The summed E-state index contributed by atoms with van der Waals surface area (Å²) >= 11 is 0. The van der Waals surface area contributed by atoms with E-state index in [1.807, 2.05) is 0 Å². The smallest absolute Gasteiger partial charge is 0.153 e. The van der Waals surface area contributed by atoms with Gasteiger partial charge in [-0.2, -0.15) is 0 Å². The lowest BCUT2D eigenvalue weighted by Crippen LogP contribution is -2.42. The Bertz CT molecular complexity index is 224. The van der Waals surface area contributed by atoms with Crippen LogP contribution in [-0.2, 0) is 0 Å². The third-order valence-corrected chi connectivity index (χ3v) is 3.58. The zero-order chi connectivity index (χ0) is 12.0. The van der Waals surface area contributed by atoms with E-state index in [0.717, 1.165) is 6.54 Å². The number of oxime groups is 1. The molecule has 1 saturated carbocycles. The minimum Gasteiger partial charge on any atom is -0.409 e. The number of hydrogen-bond donors (Lipinski definition) is 2. The fourth-order valence-corrected chi connectivity index (χ4v) is 2.38. The maximum atomic E-state index is 8.65. The molecule has 0 aromatic heterocycles. The summed E-state index contributed by atoms with van der Waals surface area (Å²) in [6.07, 6.45) is 6.33. The second kappa shape index (κ2) is 6.74. The first-order valence-electron chi connectivity index (χ1n) is 6.37. The molecule has 0 heterocycles. The van der Waals surface area contributed by atoms with Crippen LogP contribution in [0.3, 0.4) is 0 Å². The molecular formula is C12H25N3O. The quantitative estimate of drug-likeness (QED) is 0.316. The van der Waals surface area contributed by atoms with Crippen molar-refractivity contribution < 1.29 is 5.21 Å². The van der Waals surface area contributed by atoms with Crippen molar-refractivity contribution >= 4 is 5.84 Å². The van der Waals surface area contributed by atoms with Crippen molar-refractivity contribution in [3.05, 3.63) is 0 Å². The molecule has 4 heteroatoms. The van der Waals surface area contributed by atoms with Crippen molar-refractivity contribution in [3.63, 3.8) is 0 Å². The minimum atomic E-state index is 0.329. The summed E-state index contributed by atoms with van der Waals surface area (Å²) < 4.78 is 0. The maximum Gasteiger partial charge on any atom is 0.153 e. The summed E-state index contributed by atoms with van der Waals surface area (Å²) in [6.45, 7) is 6.12. The van der Waals surface area contributed by atoms with Crippen molar-refractivity contribution in [2.24, 2.45) is 16.8 Å². The van der Waals surface area contributed by atoms with Crippen molar-refractivity contribution in [1.29, 1.82) is 0 Å². The van der Waals surface area contributed by atoms with Gasteiger partial charge in [0.15, 0.2) is 5.84 Å². The predicted octanol–water partition coefficient (Wildman–Crippen LogP) is 2.02. The second-order valence-electron chi connectivity index (χ2n) is 4.97. The largest absolute Gasteiger partial charge is 0.409 e. The molecule has 0 saturated heterocycles. The van der Waals surface area contributed by atoms with E-state index in [1.165, 1.54) is 32.1 Å². The van der Waals surface area contributed by atoms with E-state index in [4.69, 9.17) is 10.9 Å². The molecule has 0 bridgehead atoms. The molecule has 16 heavy (non-hydrogen) atoms. The normalized spacial score (nSPS) is 20.6. The highest BCUT2D eigenvalue weighted by Gasteiger charge is 2.24. The minimum absolute atomic E-state index is 0.329. The highest BCUT2D eigenvalue weighted by atomic mass is 16.4. The zero-order valence-corrected chi connectivity index (χ0v) is 10.5. The summed E-state index contributed by atoms with van der Waals surface area (Å²) in [6, 6.07) is 0.634. The molecular weight excluding hydrogens is 202 g/mol. The summed E-state index contributed by atoms with van der Waals surface area (Å²) in [5.74, 6) is 1.00. The van der Waals surface area contributed by atoms with Gasteiger partial charge in [-0.15, -0.1) is 0 Å².